The monoisotopic (exact) mass is 262 g/mol. The molecule has 2 rings (SSSR count). The molecule has 0 spiro atoms. The third-order valence-electron chi connectivity index (χ3n) is 3.26. The molecule has 1 saturated heterocycles. The molecule has 0 N–H and O–H groups in total. The van der Waals surface area contributed by atoms with Gasteiger partial charge in [0.2, 0.25) is 0 Å². The van der Waals surface area contributed by atoms with Gasteiger partial charge in [0.25, 0.3) is 5.91 Å². The molecule has 4 heteroatoms. The lowest BCUT2D eigenvalue weighted by Crippen LogP contribution is -2.38. The molecule has 1 aromatic heterocycles. The van der Waals surface area contributed by atoms with Crippen LogP contribution in [0.15, 0.2) is 24.4 Å². The Hall–Kier alpha value is -1.42. The Labute approximate surface area is 114 Å². The summed E-state index contributed by atoms with van der Waals surface area (Å²) in [7, 11) is 0. The van der Waals surface area contributed by atoms with E-state index in [1.807, 2.05) is 17.0 Å². The topological polar surface area (TPSA) is 42.4 Å². The molecule has 4 nitrogen and oxygen atoms in total. The van der Waals surface area contributed by atoms with Crippen LogP contribution in [0, 0.1) is 11.8 Å². The molecule has 0 unspecified atom stereocenters. The van der Waals surface area contributed by atoms with Crippen LogP contribution in [-0.2, 0) is 4.74 Å². The Morgan fingerprint density at radius 3 is 2.95 bits per heavy atom. The Balaban J connectivity index is 2.05. The fraction of sp³-hybridized carbons (Fsp3) is 0.600. The minimum Gasteiger partial charge on any atom is -0.381 e. The van der Waals surface area contributed by atoms with Crippen molar-refractivity contribution in [2.45, 2.75) is 20.3 Å². The van der Waals surface area contributed by atoms with Crippen LogP contribution in [0.5, 0.6) is 0 Å². The third-order valence-corrected chi connectivity index (χ3v) is 3.26. The zero-order chi connectivity index (χ0) is 13.7. The summed E-state index contributed by atoms with van der Waals surface area (Å²) in [5.74, 6) is 0.947. The van der Waals surface area contributed by atoms with E-state index in [-0.39, 0.29) is 5.91 Å². The highest BCUT2D eigenvalue weighted by atomic mass is 16.5. The summed E-state index contributed by atoms with van der Waals surface area (Å²) in [6.07, 6.45) is 2.71. The van der Waals surface area contributed by atoms with Crippen molar-refractivity contribution >= 4 is 5.91 Å². The fourth-order valence-corrected chi connectivity index (χ4v) is 2.37. The van der Waals surface area contributed by atoms with Crippen LogP contribution < -0.4 is 0 Å². The molecule has 1 aromatic rings. The predicted molar refractivity (Wildman–Crippen MR) is 73.9 cm³/mol. The maximum absolute atomic E-state index is 12.5. The van der Waals surface area contributed by atoms with Crippen molar-refractivity contribution in [3.63, 3.8) is 0 Å². The lowest BCUT2D eigenvalue weighted by atomic mass is 10.1. The van der Waals surface area contributed by atoms with Gasteiger partial charge in [-0.15, -0.1) is 0 Å². The number of carbonyl (C=O) groups is 1. The summed E-state index contributed by atoms with van der Waals surface area (Å²) in [4.78, 5) is 18.6. The molecule has 104 valence electrons. The third kappa shape index (κ3) is 4.03. The smallest absolute Gasteiger partial charge is 0.272 e. The molecule has 1 aliphatic rings. The van der Waals surface area contributed by atoms with Crippen LogP contribution in [0.3, 0.4) is 0 Å². The minimum absolute atomic E-state index is 0.0289. The quantitative estimate of drug-likeness (QED) is 0.817. The van der Waals surface area contributed by atoms with Gasteiger partial charge in [0.1, 0.15) is 5.69 Å². The second kappa shape index (κ2) is 6.66. The fourth-order valence-electron chi connectivity index (χ4n) is 2.37. The second-order valence-electron chi connectivity index (χ2n) is 5.55. The van der Waals surface area contributed by atoms with Gasteiger partial charge in [-0.25, -0.2) is 0 Å². The van der Waals surface area contributed by atoms with Crippen LogP contribution in [0.2, 0.25) is 0 Å². The Bertz CT molecular complexity index is 400. The predicted octanol–water partition coefficient (Wildman–Crippen LogP) is 2.22. The molecule has 19 heavy (non-hydrogen) atoms. The number of hydrogen-bond acceptors (Lipinski definition) is 3. The Morgan fingerprint density at radius 1 is 1.53 bits per heavy atom. The summed E-state index contributed by atoms with van der Waals surface area (Å²) in [5.41, 5.74) is 0.530. The highest BCUT2D eigenvalue weighted by Crippen LogP contribution is 2.16. The molecule has 1 aliphatic heterocycles. The second-order valence-corrected chi connectivity index (χ2v) is 5.55. The van der Waals surface area contributed by atoms with E-state index in [9.17, 15) is 4.79 Å². The van der Waals surface area contributed by atoms with Gasteiger partial charge in [0, 0.05) is 31.8 Å². The van der Waals surface area contributed by atoms with Crippen molar-refractivity contribution in [1.29, 1.82) is 0 Å². The molecule has 1 atom stereocenters. The van der Waals surface area contributed by atoms with E-state index in [0.29, 0.717) is 17.5 Å². The first-order chi connectivity index (χ1) is 9.16. The first-order valence-corrected chi connectivity index (χ1v) is 6.95. The van der Waals surface area contributed by atoms with Crippen LogP contribution in [0.4, 0.5) is 0 Å². The minimum atomic E-state index is 0.0289. The lowest BCUT2D eigenvalue weighted by molar-refractivity contribution is 0.0692. The van der Waals surface area contributed by atoms with Crippen LogP contribution >= 0.6 is 0 Å². The molecular weight excluding hydrogens is 240 g/mol. The molecule has 2 heterocycles. The summed E-state index contributed by atoms with van der Waals surface area (Å²) in [6, 6.07) is 5.46. The number of ether oxygens (including phenoxy) is 1. The molecule has 0 aliphatic carbocycles. The maximum Gasteiger partial charge on any atom is 0.272 e. The van der Waals surface area contributed by atoms with Crippen molar-refractivity contribution in [3.05, 3.63) is 30.1 Å². The van der Waals surface area contributed by atoms with E-state index in [1.165, 1.54) is 0 Å². The number of aromatic nitrogens is 1. The van der Waals surface area contributed by atoms with E-state index in [2.05, 4.69) is 18.8 Å². The zero-order valence-electron chi connectivity index (χ0n) is 11.7. The molecule has 0 saturated carbocycles. The zero-order valence-corrected chi connectivity index (χ0v) is 11.7. The van der Waals surface area contributed by atoms with Gasteiger partial charge < -0.3 is 9.64 Å². The molecular formula is C15H22N2O2. The number of hydrogen-bond donors (Lipinski definition) is 0. The van der Waals surface area contributed by atoms with Crippen molar-refractivity contribution in [1.82, 2.24) is 9.88 Å². The Morgan fingerprint density at radius 2 is 2.37 bits per heavy atom. The summed E-state index contributed by atoms with van der Waals surface area (Å²) in [5, 5.41) is 0. The molecule has 1 amide bonds. The van der Waals surface area contributed by atoms with Crippen LogP contribution in [0.25, 0.3) is 0 Å². The highest BCUT2D eigenvalue weighted by molar-refractivity contribution is 5.92. The first kappa shape index (κ1) is 14.0. The van der Waals surface area contributed by atoms with Gasteiger partial charge in [-0.2, -0.15) is 0 Å². The van der Waals surface area contributed by atoms with Gasteiger partial charge in [-0.3, -0.25) is 9.78 Å². The van der Waals surface area contributed by atoms with E-state index in [1.54, 1.807) is 12.3 Å². The summed E-state index contributed by atoms with van der Waals surface area (Å²) < 4.78 is 5.39. The summed E-state index contributed by atoms with van der Waals surface area (Å²) >= 11 is 0. The largest absolute Gasteiger partial charge is 0.381 e. The van der Waals surface area contributed by atoms with Crippen LogP contribution in [-0.4, -0.2) is 42.1 Å². The standard InChI is InChI=1S/C15H22N2O2/c1-12(2)9-17(10-13-6-8-19-11-13)15(18)14-5-3-4-7-16-14/h3-5,7,12-13H,6,8-11H2,1-2H3/t13-/m1/s1. The number of rotatable bonds is 5. The van der Waals surface area contributed by atoms with Crippen LogP contribution in [0.1, 0.15) is 30.8 Å². The summed E-state index contributed by atoms with van der Waals surface area (Å²) in [6.45, 7) is 7.38. The number of carbonyl (C=O) groups excluding carboxylic acids is 1. The molecule has 0 bridgehead atoms. The maximum atomic E-state index is 12.5. The van der Waals surface area contributed by atoms with Crippen molar-refractivity contribution in [2.75, 3.05) is 26.3 Å². The molecule has 1 fully saturated rings. The average Bonchev–Trinajstić information content (AvgIpc) is 2.90. The van der Waals surface area contributed by atoms with Crippen molar-refractivity contribution < 1.29 is 9.53 Å². The van der Waals surface area contributed by atoms with E-state index in [0.717, 1.165) is 32.7 Å². The average molecular weight is 262 g/mol. The number of pyridine rings is 1. The highest BCUT2D eigenvalue weighted by Gasteiger charge is 2.24. The number of nitrogens with zero attached hydrogens (tertiary/aromatic N) is 2. The van der Waals surface area contributed by atoms with Gasteiger partial charge in [0.15, 0.2) is 0 Å². The van der Waals surface area contributed by atoms with E-state index in [4.69, 9.17) is 4.74 Å². The van der Waals surface area contributed by atoms with E-state index >= 15 is 0 Å². The molecule has 0 radical (unpaired) electrons. The van der Waals surface area contributed by atoms with Crippen molar-refractivity contribution in [3.8, 4) is 0 Å². The van der Waals surface area contributed by atoms with Gasteiger partial charge in [0.05, 0.1) is 6.61 Å². The number of amides is 1. The lowest BCUT2D eigenvalue weighted by Gasteiger charge is -2.26. The van der Waals surface area contributed by atoms with Gasteiger partial charge >= 0.3 is 0 Å². The SMILES string of the molecule is CC(C)CN(C[C@H]1CCOC1)C(=O)c1ccccn1. The van der Waals surface area contributed by atoms with Gasteiger partial charge in [-0.05, 0) is 24.5 Å². The first-order valence-electron chi connectivity index (χ1n) is 6.95. The van der Waals surface area contributed by atoms with E-state index < -0.39 is 0 Å². The molecule has 0 aromatic carbocycles. The van der Waals surface area contributed by atoms with Crippen molar-refractivity contribution in [2.24, 2.45) is 11.8 Å². The Kier molecular flexibility index (Phi) is 4.91. The van der Waals surface area contributed by atoms with Gasteiger partial charge in [-0.1, -0.05) is 19.9 Å². The normalized spacial score (nSPS) is 18.8.